The molecule has 1 unspecified atom stereocenters. The number of aliphatic carboxylic acids is 1. The fraction of sp³-hybridized carbons (Fsp3) is 0.394. The Morgan fingerprint density at radius 3 is 2.55 bits per heavy atom. The van der Waals surface area contributed by atoms with Crippen LogP contribution in [0.15, 0.2) is 54.6 Å². The summed E-state index contributed by atoms with van der Waals surface area (Å²) >= 11 is 0. The van der Waals surface area contributed by atoms with Crippen molar-refractivity contribution >= 4 is 22.9 Å². The largest absolute Gasteiger partial charge is 0.481 e. The van der Waals surface area contributed by atoms with Crippen molar-refractivity contribution in [2.75, 3.05) is 6.54 Å². The van der Waals surface area contributed by atoms with Gasteiger partial charge in [0.05, 0.1) is 11.9 Å². The molecule has 7 nitrogen and oxygen atoms in total. The summed E-state index contributed by atoms with van der Waals surface area (Å²) in [6.07, 6.45) is 7.49. The van der Waals surface area contributed by atoms with Crippen molar-refractivity contribution in [2.45, 2.75) is 77.3 Å². The molecule has 1 aromatic heterocycles. The van der Waals surface area contributed by atoms with Gasteiger partial charge < -0.3 is 10.0 Å². The molecule has 1 amide bonds. The molecule has 40 heavy (non-hydrogen) atoms. The summed E-state index contributed by atoms with van der Waals surface area (Å²) < 4.78 is 1.99. The summed E-state index contributed by atoms with van der Waals surface area (Å²) in [5, 5.41) is 18.8. The molecule has 0 radical (unpaired) electrons. The van der Waals surface area contributed by atoms with Gasteiger partial charge in [0.2, 0.25) is 0 Å². The van der Waals surface area contributed by atoms with Gasteiger partial charge >= 0.3 is 5.97 Å². The van der Waals surface area contributed by atoms with Gasteiger partial charge in [-0.15, -0.1) is 5.10 Å². The predicted octanol–water partition coefficient (Wildman–Crippen LogP) is 6.05. The van der Waals surface area contributed by atoms with E-state index in [1.807, 2.05) is 34.7 Å². The van der Waals surface area contributed by atoms with Crippen LogP contribution in [-0.4, -0.2) is 43.4 Å². The third-order valence-electron chi connectivity index (χ3n) is 8.70. The summed E-state index contributed by atoms with van der Waals surface area (Å²) in [5.41, 5.74) is 9.04. The number of rotatable bonds is 2. The fourth-order valence-electron chi connectivity index (χ4n) is 6.39. The van der Waals surface area contributed by atoms with Crippen LogP contribution in [0.5, 0.6) is 0 Å². The normalized spacial score (nSPS) is 18.2. The number of hydrogen-bond donors (Lipinski definition) is 1. The number of benzene rings is 3. The van der Waals surface area contributed by atoms with Gasteiger partial charge in [0.25, 0.3) is 5.91 Å². The van der Waals surface area contributed by atoms with Crippen molar-refractivity contribution in [3.8, 4) is 0 Å². The van der Waals surface area contributed by atoms with Crippen LogP contribution in [0.25, 0.3) is 11.0 Å². The Labute approximate surface area is 234 Å². The molecule has 9 rings (SSSR count). The molecule has 7 heteroatoms. The summed E-state index contributed by atoms with van der Waals surface area (Å²) in [4.78, 5) is 27.4. The number of aromatic nitrogens is 3. The molecule has 6 heterocycles. The van der Waals surface area contributed by atoms with Gasteiger partial charge in [-0.1, -0.05) is 60.9 Å². The van der Waals surface area contributed by atoms with Crippen LogP contribution in [-0.2, 0) is 30.7 Å². The minimum absolute atomic E-state index is 0.0196. The number of amides is 1. The number of aryl methyl sites for hydroxylation is 3. The first-order valence-corrected chi connectivity index (χ1v) is 14.5. The molecule has 9 bridgehead atoms. The Balaban J connectivity index is 1.39. The summed E-state index contributed by atoms with van der Waals surface area (Å²) in [6.45, 7) is 4.05. The van der Waals surface area contributed by atoms with E-state index in [1.54, 1.807) is 0 Å². The molecular weight excluding hydrogens is 500 g/mol. The van der Waals surface area contributed by atoms with Gasteiger partial charge in [0.15, 0.2) is 0 Å². The fourth-order valence-corrected chi connectivity index (χ4v) is 6.39. The smallest absolute Gasteiger partial charge is 0.304 e. The lowest BCUT2D eigenvalue weighted by atomic mass is 9.83. The van der Waals surface area contributed by atoms with E-state index in [2.05, 4.69) is 46.7 Å². The lowest BCUT2D eigenvalue weighted by Gasteiger charge is -2.30. The Hall–Kier alpha value is -4.00. The predicted molar refractivity (Wildman–Crippen MR) is 154 cm³/mol. The Kier molecular flexibility index (Phi) is 7.37. The van der Waals surface area contributed by atoms with Crippen molar-refractivity contribution < 1.29 is 14.7 Å². The topological polar surface area (TPSA) is 88.3 Å². The second-order valence-corrected chi connectivity index (χ2v) is 11.3. The maximum atomic E-state index is 13.4. The van der Waals surface area contributed by atoms with E-state index in [9.17, 15) is 14.7 Å². The van der Waals surface area contributed by atoms with Crippen LogP contribution in [0.3, 0.4) is 0 Å². The summed E-state index contributed by atoms with van der Waals surface area (Å²) in [7, 11) is 0. The van der Waals surface area contributed by atoms with Crippen LogP contribution in [0.2, 0.25) is 0 Å². The van der Waals surface area contributed by atoms with Crippen molar-refractivity contribution in [1.29, 1.82) is 0 Å². The highest BCUT2D eigenvalue weighted by molar-refractivity contribution is 5.94. The maximum Gasteiger partial charge on any atom is 0.304 e. The first-order chi connectivity index (χ1) is 19.5. The number of carbonyl (C=O) groups is 2. The van der Waals surface area contributed by atoms with E-state index in [0.717, 1.165) is 77.5 Å². The molecule has 0 aliphatic carbocycles. The van der Waals surface area contributed by atoms with Gasteiger partial charge in [0, 0.05) is 31.1 Å². The van der Waals surface area contributed by atoms with Gasteiger partial charge in [0.1, 0.15) is 5.52 Å². The van der Waals surface area contributed by atoms with Crippen molar-refractivity contribution in [2.24, 2.45) is 0 Å². The monoisotopic (exact) mass is 536 g/mol. The molecule has 206 valence electrons. The lowest BCUT2D eigenvalue weighted by molar-refractivity contribution is -0.137. The SMILES string of the molecule is Cc1c2ccc3c1nnn3CCCCCCCc1ccc(cc1)C(=O)N1CCc3ccc(cc3C1)C2CC(=O)O. The molecule has 4 aromatic rings. The highest BCUT2D eigenvalue weighted by atomic mass is 16.4. The van der Waals surface area contributed by atoms with Crippen LogP contribution < -0.4 is 0 Å². The molecule has 0 spiro atoms. The molecule has 3 aromatic carbocycles. The van der Waals surface area contributed by atoms with Gasteiger partial charge in [-0.2, -0.15) is 0 Å². The molecular formula is C33H36N4O3. The zero-order valence-electron chi connectivity index (χ0n) is 23.1. The average molecular weight is 537 g/mol. The average Bonchev–Trinajstić information content (AvgIpc) is 3.38. The molecule has 0 saturated heterocycles. The van der Waals surface area contributed by atoms with E-state index < -0.39 is 5.97 Å². The maximum absolute atomic E-state index is 13.4. The second-order valence-electron chi connectivity index (χ2n) is 11.3. The van der Waals surface area contributed by atoms with Crippen LogP contribution in [0.1, 0.15) is 88.2 Å². The lowest BCUT2D eigenvalue weighted by Crippen LogP contribution is -2.36. The van der Waals surface area contributed by atoms with E-state index in [-0.39, 0.29) is 18.2 Å². The molecule has 1 atom stereocenters. The number of carboxylic acids is 1. The standard InChI is InChI=1S/C33H36N4O3/c1-22-28-14-15-30-32(22)34-35-37(30)17-6-4-2-3-5-7-23-8-10-25(11-9-23)33(40)36-18-16-24-12-13-26(19-27(24)21-36)29(28)20-31(38)39/h8-15,19,29H,2-7,16-18,20-21H2,1H3,(H,38,39). The summed E-state index contributed by atoms with van der Waals surface area (Å²) in [6, 6.07) is 18.5. The highest BCUT2D eigenvalue weighted by Crippen LogP contribution is 2.35. The third kappa shape index (κ3) is 5.25. The molecule has 5 aliphatic heterocycles. The number of nitrogens with zero attached hydrogens (tertiary/aromatic N) is 4. The second kappa shape index (κ2) is 11.2. The van der Waals surface area contributed by atoms with E-state index in [0.29, 0.717) is 13.1 Å². The molecule has 0 saturated carbocycles. The Bertz CT molecular complexity index is 1560. The number of carboxylic acid groups (broad SMARTS) is 1. The van der Waals surface area contributed by atoms with E-state index in [1.165, 1.54) is 24.0 Å². The van der Waals surface area contributed by atoms with Gasteiger partial charge in [-0.3, -0.25) is 9.59 Å². The number of carbonyl (C=O) groups excluding carboxylic acids is 1. The van der Waals surface area contributed by atoms with Crippen LogP contribution in [0, 0.1) is 6.92 Å². The van der Waals surface area contributed by atoms with E-state index in [4.69, 9.17) is 0 Å². The quantitative estimate of drug-likeness (QED) is 0.337. The zero-order valence-corrected chi connectivity index (χ0v) is 23.1. The molecule has 5 aliphatic rings. The van der Waals surface area contributed by atoms with Crippen molar-refractivity contribution in [3.05, 3.63) is 93.5 Å². The number of hydrogen-bond acceptors (Lipinski definition) is 4. The first kappa shape index (κ1) is 26.2. The van der Waals surface area contributed by atoms with Gasteiger partial charge in [-0.05, 0) is 84.2 Å². The Morgan fingerprint density at radius 1 is 0.925 bits per heavy atom. The molecule has 1 N–H and O–H groups in total. The minimum atomic E-state index is -0.844. The van der Waals surface area contributed by atoms with Crippen molar-refractivity contribution in [3.63, 3.8) is 0 Å². The Morgan fingerprint density at radius 2 is 1.73 bits per heavy atom. The van der Waals surface area contributed by atoms with Crippen LogP contribution >= 0.6 is 0 Å². The highest BCUT2D eigenvalue weighted by Gasteiger charge is 2.26. The minimum Gasteiger partial charge on any atom is -0.481 e. The zero-order chi connectivity index (χ0) is 27.6. The van der Waals surface area contributed by atoms with Gasteiger partial charge in [-0.25, -0.2) is 4.68 Å². The summed E-state index contributed by atoms with van der Waals surface area (Å²) in [5.74, 6) is -1.12. The third-order valence-corrected chi connectivity index (χ3v) is 8.70. The molecule has 0 fully saturated rings. The van der Waals surface area contributed by atoms with E-state index >= 15 is 0 Å². The van der Waals surface area contributed by atoms with Crippen molar-refractivity contribution in [1.82, 2.24) is 19.9 Å². The first-order valence-electron chi connectivity index (χ1n) is 14.5. The van der Waals surface area contributed by atoms with Crippen LogP contribution in [0.4, 0.5) is 0 Å².